The minimum absolute atomic E-state index is 0.133. The van der Waals surface area contributed by atoms with Crippen molar-refractivity contribution >= 4 is 34.9 Å². The Balaban J connectivity index is 2.05. The van der Waals surface area contributed by atoms with Crippen molar-refractivity contribution in [3.05, 3.63) is 21.3 Å². The lowest BCUT2D eigenvalue weighted by molar-refractivity contribution is -0.118. The Kier molecular flexibility index (Phi) is 2.43. The summed E-state index contributed by atoms with van der Waals surface area (Å²) in [4.78, 5) is 24.4. The average Bonchev–Trinajstić information content (AvgIpc) is 2.61. The molecule has 1 aromatic heterocycles. The Bertz CT molecular complexity index is 390. The number of thiophene rings is 1. The van der Waals surface area contributed by atoms with E-state index < -0.39 is 0 Å². The topological polar surface area (TPSA) is 49.4 Å². The lowest BCUT2D eigenvalue weighted by atomic mass is 10.4. The lowest BCUT2D eigenvalue weighted by Crippen LogP contribution is -2.27. The molecule has 1 aromatic rings. The average molecular weight is 231 g/mol. The van der Waals surface area contributed by atoms with Crippen LogP contribution >= 0.6 is 22.9 Å². The minimum Gasteiger partial charge on any atom is -0.310 e. The number of halogens is 1. The van der Waals surface area contributed by atoms with Gasteiger partial charge in [-0.1, -0.05) is 11.6 Å². The van der Waals surface area contributed by atoms with Gasteiger partial charge >= 0.3 is 6.03 Å². The van der Waals surface area contributed by atoms with E-state index in [0.717, 1.165) is 4.88 Å². The molecule has 0 aliphatic carbocycles. The van der Waals surface area contributed by atoms with E-state index in [2.05, 4.69) is 5.32 Å². The summed E-state index contributed by atoms with van der Waals surface area (Å²) in [6.07, 6.45) is 0. The van der Waals surface area contributed by atoms with Gasteiger partial charge in [0.1, 0.15) is 6.54 Å². The molecule has 1 saturated heterocycles. The van der Waals surface area contributed by atoms with Gasteiger partial charge in [-0.2, -0.15) is 0 Å². The fourth-order valence-electron chi connectivity index (χ4n) is 1.24. The summed E-state index contributed by atoms with van der Waals surface area (Å²) in [6, 6.07) is 3.29. The molecule has 0 aromatic carbocycles. The third-order valence-electron chi connectivity index (χ3n) is 1.84. The van der Waals surface area contributed by atoms with E-state index in [-0.39, 0.29) is 18.5 Å². The van der Waals surface area contributed by atoms with Crippen LogP contribution in [0.2, 0.25) is 4.34 Å². The SMILES string of the molecule is O=C1CN(Cc2ccc(Cl)s2)C(=O)N1. The number of hydrogen-bond acceptors (Lipinski definition) is 3. The van der Waals surface area contributed by atoms with Gasteiger partial charge in [0, 0.05) is 4.88 Å². The monoisotopic (exact) mass is 230 g/mol. The number of carbonyl (C=O) groups excluding carboxylic acids is 2. The first-order valence-corrected chi connectivity index (χ1v) is 5.17. The van der Waals surface area contributed by atoms with Crippen LogP contribution in [0.15, 0.2) is 12.1 Å². The summed E-state index contributed by atoms with van der Waals surface area (Å²) >= 11 is 7.15. The zero-order valence-corrected chi connectivity index (χ0v) is 8.69. The predicted octanol–water partition coefficient (Wildman–Crippen LogP) is 1.45. The second-order valence-electron chi connectivity index (χ2n) is 2.92. The molecule has 1 fully saturated rings. The summed E-state index contributed by atoms with van der Waals surface area (Å²) in [5.41, 5.74) is 0. The molecule has 1 aliphatic heterocycles. The Morgan fingerprint density at radius 1 is 1.50 bits per heavy atom. The predicted molar refractivity (Wildman–Crippen MR) is 53.3 cm³/mol. The van der Waals surface area contributed by atoms with Crippen LogP contribution in [-0.4, -0.2) is 23.4 Å². The highest BCUT2D eigenvalue weighted by Crippen LogP contribution is 2.23. The second-order valence-corrected chi connectivity index (χ2v) is 4.71. The maximum absolute atomic E-state index is 11.2. The molecule has 0 bridgehead atoms. The van der Waals surface area contributed by atoms with Gasteiger partial charge in [-0.3, -0.25) is 10.1 Å². The van der Waals surface area contributed by atoms with Crippen LogP contribution in [0.1, 0.15) is 4.88 Å². The Morgan fingerprint density at radius 3 is 2.79 bits per heavy atom. The van der Waals surface area contributed by atoms with Crippen molar-refractivity contribution in [1.29, 1.82) is 0 Å². The summed E-state index contributed by atoms with van der Waals surface area (Å²) < 4.78 is 0.686. The molecule has 74 valence electrons. The van der Waals surface area contributed by atoms with Crippen LogP contribution < -0.4 is 5.32 Å². The van der Waals surface area contributed by atoms with E-state index in [1.807, 2.05) is 6.07 Å². The van der Waals surface area contributed by atoms with Crippen LogP contribution in [0.4, 0.5) is 4.79 Å². The number of urea groups is 1. The number of hydrogen-bond donors (Lipinski definition) is 1. The van der Waals surface area contributed by atoms with E-state index in [1.165, 1.54) is 16.2 Å². The normalized spacial score (nSPS) is 16.2. The quantitative estimate of drug-likeness (QED) is 0.782. The molecule has 0 unspecified atom stereocenters. The molecule has 0 radical (unpaired) electrons. The van der Waals surface area contributed by atoms with Crippen LogP contribution in [0.3, 0.4) is 0 Å². The maximum atomic E-state index is 11.2. The van der Waals surface area contributed by atoms with Crippen molar-refractivity contribution in [3.63, 3.8) is 0 Å². The van der Waals surface area contributed by atoms with Gasteiger partial charge in [0.25, 0.3) is 0 Å². The molecular formula is C8H7ClN2O2S. The van der Waals surface area contributed by atoms with Gasteiger partial charge in [0.05, 0.1) is 10.9 Å². The third kappa shape index (κ3) is 1.88. The smallest absolute Gasteiger partial charge is 0.310 e. The molecule has 4 nitrogen and oxygen atoms in total. The number of nitrogens with one attached hydrogen (secondary N) is 1. The molecule has 0 saturated carbocycles. The van der Waals surface area contributed by atoms with E-state index in [4.69, 9.17) is 11.6 Å². The lowest BCUT2D eigenvalue weighted by Gasteiger charge is -2.10. The summed E-state index contributed by atoms with van der Waals surface area (Å²) in [5.74, 6) is -0.252. The molecule has 3 amide bonds. The standard InChI is InChI=1S/C8H7ClN2O2S/c9-6-2-1-5(14-6)3-11-4-7(12)10-8(11)13/h1-2H,3-4H2,(H,10,12,13). The number of rotatable bonds is 2. The van der Waals surface area contributed by atoms with Crippen molar-refractivity contribution in [2.24, 2.45) is 0 Å². The van der Waals surface area contributed by atoms with Crippen LogP contribution in [-0.2, 0) is 11.3 Å². The first kappa shape index (κ1) is 9.48. The van der Waals surface area contributed by atoms with Crippen LogP contribution in [0.5, 0.6) is 0 Å². The Hall–Kier alpha value is -1.07. The molecule has 0 spiro atoms. The first-order chi connectivity index (χ1) is 6.65. The van der Waals surface area contributed by atoms with Gasteiger partial charge in [0.2, 0.25) is 5.91 Å². The van der Waals surface area contributed by atoms with Gasteiger partial charge < -0.3 is 4.90 Å². The van der Waals surface area contributed by atoms with Crippen molar-refractivity contribution in [3.8, 4) is 0 Å². The maximum Gasteiger partial charge on any atom is 0.324 e. The second kappa shape index (κ2) is 3.59. The minimum atomic E-state index is -0.334. The molecule has 0 atom stereocenters. The fraction of sp³-hybridized carbons (Fsp3) is 0.250. The zero-order valence-electron chi connectivity index (χ0n) is 7.12. The number of nitrogens with zero attached hydrogens (tertiary/aromatic N) is 1. The number of amides is 3. The summed E-state index contributed by atoms with van der Waals surface area (Å²) in [6.45, 7) is 0.573. The molecule has 2 heterocycles. The van der Waals surface area contributed by atoms with E-state index >= 15 is 0 Å². The zero-order chi connectivity index (χ0) is 10.1. The number of imide groups is 1. The highest BCUT2D eigenvalue weighted by Gasteiger charge is 2.26. The summed E-state index contributed by atoms with van der Waals surface area (Å²) in [5, 5.41) is 2.21. The van der Waals surface area contributed by atoms with Gasteiger partial charge in [-0.05, 0) is 12.1 Å². The molecule has 1 N–H and O–H groups in total. The van der Waals surface area contributed by atoms with E-state index in [1.54, 1.807) is 6.07 Å². The van der Waals surface area contributed by atoms with Crippen molar-refractivity contribution in [2.45, 2.75) is 6.54 Å². The van der Waals surface area contributed by atoms with Crippen molar-refractivity contribution in [2.75, 3.05) is 6.54 Å². The highest BCUT2D eigenvalue weighted by atomic mass is 35.5. The molecular weight excluding hydrogens is 224 g/mol. The Morgan fingerprint density at radius 2 is 2.29 bits per heavy atom. The van der Waals surface area contributed by atoms with Crippen molar-refractivity contribution < 1.29 is 9.59 Å². The van der Waals surface area contributed by atoms with E-state index in [9.17, 15) is 9.59 Å². The fourth-order valence-corrected chi connectivity index (χ4v) is 2.34. The first-order valence-electron chi connectivity index (χ1n) is 3.98. The highest BCUT2D eigenvalue weighted by molar-refractivity contribution is 7.16. The molecule has 14 heavy (non-hydrogen) atoms. The van der Waals surface area contributed by atoms with Gasteiger partial charge in [0.15, 0.2) is 0 Å². The van der Waals surface area contributed by atoms with Crippen molar-refractivity contribution in [1.82, 2.24) is 10.2 Å². The third-order valence-corrected chi connectivity index (χ3v) is 3.06. The van der Waals surface area contributed by atoms with Crippen LogP contribution in [0.25, 0.3) is 0 Å². The summed E-state index contributed by atoms with van der Waals surface area (Å²) in [7, 11) is 0. The van der Waals surface area contributed by atoms with E-state index in [0.29, 0.717) is 10.9 Å². The van der Waals surface area contributed by atoms with Crippen LogP contribution in [0, 0.1) is 0 Å². The van der Waals surface area contributed by atoms with Gasteiger partial charge in [-0.25, -0.2) is 4.79 Å². The molecule has 2 rings (SSSR count). The Labute approximate surface area is 89.5 Å². The number of carbonyl (C=O) groups is 2. The molecule has 1 aliphatic rings. The largest absolute Gasteiger partial charge is 0.324 e. The molecule has 6 heteroatoms. The van der Waals surface area contributed by atoms with Gasteiger partial charge in [-0.15, -0.1) is 11.3 Å².